The van der Waals surface area contributed by atoms with Crippen LogP contribution in [-0.4, -0.2) is 16.5 Å². The van der Waals surface area contributed by atoms with E-state index in [0.29, 0.717) is 10.2 Å². The molecule has 1 aromatic heterocycles. The minimum absolute atomic E-state index is 0.101. The SMILES string of the molecule is CCCNc1cncc(Oc2c(Br)cccc2[N+](=O)[O-])c1. The maximum absolute atomic E-state index is 11.0. The topological polar surface area (TPSA) is 77.3 Å². The van der Waals surface area contributed by atoms with E-state index in [1.165, 1.54) is 12.3 Å². The number of nitrogens with one attached hydrogen (secondary N) is 1. The van der Waals surface area contributed by atoms with Gasteiger partial charge in [-0.05, 0) is 28.4 Å². The number of para-hydroxylation sites is 1. The quantitative estimate of drug-likeness (QED) is 0.617. The van der Waals surface area contributed by atoms with Crippen molar-refractivity contribution >= 4 is 27.3 Å². The number of rotatable bonds is 6. The van der Waals surface area contributed by atoms with E-state index < -0.39 is 4.92 Å². The second-order valence-electron chi connectivity index (χ2n) is 4.28. The molecule has 0 fully saturated rings. The Morgan fingerprint density at radius 1 is 1.43 bits per heavy atom. The van der Waals surface area contributed by atoms with Gasteiger partial charge < -0.3 is 10.1 Å². The molecule has 1 N–H and O–H groups in total. The van der Waals surface area contributed by atoms with Crippen LogP contribution >= 0.6 is 15.9 Å². The number of hydrogen-bond acceptors (Lipinski definition) is 5. The molecule has 7 heteroatoms. The Hall–Kier alpha value is -2.15. The van der Waals surface area contributed by atoms with Crippen LogP contribution < -0.4 is 10.1 Å². The van der Waals surface area contributed by atoms with Gasteiger partial charge in [0.05, 0.1) is 27.5 Å². The average Bonchev–Trinajstić information content (AvgIpc) is 2.47. The van der Waals surface area contributed by atoms with Gasteiger partial charge in [0.25, 0.3) is 0 Å². The number of benzene rings is 1. The molecule has 0 aliphatic rings. The smallest absolute Gasteiger partial charge is 0.312 e. The predicted molar refractivity (Wildman–Crippen MR) is 83.9 cm³/mol. The van der Waals surface area contributed by atoms with Crippen molar-refractivity contribution in [3.05, 3.63) is 51.2 Å². The van der Waals surface area contributed by atoms with Crippen molar-refractivity contribution in [2.75, 3.05) is 11.9 Å². The molecule has 0 saturated heterocycles. The van der Waals surface area contributed by atoms with Gasteiger partial charge in [-0.25, -0.2) is 0 Å². The van der Waals surface area contributed by atoms with Crippen LogP contribution in [0.15, 0.2) is 41.1 Å². The Balaban J connectivity index is 2.28. The third-order valence-corrected chi connectivity index (χ3v) is 3.28. The number of pyridine rings is 1. The highest BCUT2D eigenvalue weighted by atomic mass is 79.9. The van der Waals surface area contributed by atoms with Crippen molar-refractivity contribution in [2.45, 2.75) is 13.3 Å². The Morgan fingerprint density at radius 2 is 2.24 bits per heavy atom. The molecule has 0 radical (unpaired) electrons. The van der Waals surface area contributed by atoms with Gasteiger partial charge in [0.1, 0.15) is 5.75 Å². The molecule has 0 amide bonds. The number of nitro benzene ring substituents is 1. The maximum Gasteiger partial charge on any atom is 0.312 e. The minimum atomic E-state index is -0.479. The summed E-state index contributed by atoms with van der Waals surface area (Å²) >= 11 is 3.27. The van der Waals surface area contributed by atoms with Crippen molar-refractivity contribution in [2.24, 2.45) is 0 Å². The van der Waals surface area contributed by atoms with Gasteiger partial charge >= 0.3 is 5.69 Å². The van der Waals surface area contributed by atoms with Gasteiger partial charge in [-0.15, -0.1) is 0 Å². The number of nitro groups is 1. The van der Waals surface area contributed by atoms with Crippen LogP contribution in [0.1, 0.15) is 13.3 Å². The van der Waals surface area contributed by atoms with Crippen molar-refractivity contribution in [1.29, 1.82) is 0 Å². The summed E-state index contributed by atoms with van der Waals surface area (Å²) in [4.78, 5) is 14.6. The normalized spacial score (nSPS) is 10.2. The Labute approximate surface area is 130 Å². The monoisotopic (exact) mass is 351 g/mol. The molecule has 0 atom stereocenters. The summed E-state index contributed by atoms with van der Waals surface area (Å²) in [5.41, 5.74) is 0.709. The Morgan fingerprint density at radius 3 is 2.95 bits per heavy atom. The second kappa shape index (κ2) is 7.03. The number of halogens is 1. The lowest BCUT2D eigenvalue weighted by Crippen LogP contribution is -2.00. The highest BCUT2D eigenvalue weighted by molar-refractivity contribution is 9.10. The molecule has 0 unspecified atom stereocenters. The molecular weight excluding hydrogens is 338 g/mol. The summed E-state index contributed by atoms with van der Waals surface area (Å²) in [6, 6.07) is 6.43. The van der Waals surface area contributed by atoms with Crippen LogP contribution in [-0.2, 0) is 0 Å². The predicted octanol–water partition coefficient (Wildman–Crippen LogP) is 4.37. The van der Waals surface area contributed by atoms with Crippen LogP contribution in [0.5, 0.6) is 11.5 Å². The molecule has 1 aromatic carbocycles. The van der Waals surface area contributed by atoms with Gasteiger partial charge in [0.2, 0.25) is 5.75 Å². The van der Waals surface area contributed by atoms with E-state index in [-0.39, 0.29) is 11.4 Å². The summed E-state index contributed by atoms with van der Waals surface area (Å²) < 4.78 is 6.15. The van der Waals surface area contributed by atoms with E-state index >= 15 is 0 Å². The van der Waals surface area contributed by atoms with Gasteiger partial charge in [-0.1, -0.05) is 13.0 Å². The Bertz CT molecular complexity index is 649. The zero-order chi connectivity index (χ0) is 15.2. The van der Waals surface area contributed by atoms with E-state index in [0.717, 1.165) is 18.7 Å². The molecule has 0 spiro atoms. The number of hydrogen-bond donors (Lipinski definition) is 1. The number of anilines is 1. The molecule has 0 aliphatic carbocycles. The Kier molecular flexibility index (Phi) is 5.10. The maximum atomic E-state index is 11.0. The van der Waals surface area contributed by atoms with E-state index in [1.54, 1.807) is 24.4 Å². The third kappa shape index (κ3) is 3.91. The first-order chi connectivity index (χ1) is 10.1. The van der Waals surface area contributed by atoms with E-state index in [9.17, 15) is 10.1 Å². The van der Waals surface area contributed by atoms with Crippen LogP contribution in [0.4, 0.5) is 11.4 Å². The number of nitrogens with zero attached hydrogens (tertiary/aromatic N) is 2. The number of ether oxygens (including phenoxy) is 1. The molecule has 0 saturated carbocycles. The minimum Gasteiger partial charge on any atom is -0.447 e. The highest BCUT2D eigenvalue weighted by Gasteiger charge is 2.18. The number of aromatic nitrogens is 1. The molecule has 110 valence electrons. The first kappa shape index (κ1) is 15.2. The van der Waals surface area contributed by atoms with Gasteiger partial charge in [0, 0.05) is 18.7 Å². The van der Waals surface area contributed by atoms with Crippen LogP contribution in [0.3, 0.4) is 0 Å². The summed E-state index contributed by atoms with van der Waals surface area (Å²) in [7, 11) is 0. The molecule has 2 aromatic rings. The molecule has 21 heavy (non-hydrogen) atoms. The lowest BCUT2D eigenvalue weighted by molar-refractivity contribution is -0.385. The lowest BCUT2D eigenvalue weighted by atomic mass is 10.3. The first-order valence-electron chi connectivity index (χ1n) is 6.41. The zero-order valence-electron chi connectivity index (χ0n) is 11.4. The van der Waals surface area contributed by atoms with E-state index in [1.807, 2.05) is 0 Å². The molecule has 1 heterocycles. The van der Waals surface area contributed by atoms with Crippen LogP contribution in [0, 0.1) is 10.1 Å². The van der Waals surface area contributed by atoms with Crippen molar-refractivity contribution in [1.82, 2.24) is 4.98 Å². The van der Waals surface area contributed by atoms with E-state index in [4.69, 9.17) is 4.74 Å². The van der Waals surface area contributed by atoms with Crippen LogP contribution in [0.25, 0.3) is 0 Å². The molecule has 0 aliphatic heterocycles. The standard InChI is InChI=1S/C14H14BrN3O3/c1-2-6-17-10-7-11(9-16-8-10)21-14-12(15)4-3-5-13(14)18(19)20/h3-5,7-9,17H,2,6H2,1H3. The molecule has 2 rings (SSSR count). The van der Waals surface area contributed by atoms with Crippen molar-refractivity contribution < 1.29 is 9.66 Å². The first-order valence-corrected chi connectivity index (χ1v) is 7.20. The molecule has 6 nitrogen and oxygen atoms in total. The third-order valence-electron chi connectivity index (χ3n) is 2.66. The van der Waals surface area contributed by atoms with Crippen molar-refractivity contribution in [3.8, 4) is 11.5 Å². The summed E-state index contributed by atoms with van der Waals surface area (Å²) in [6.45, 7) is 2.88. The summed E-state index contributed by atoms with van der Waals surface area (Å²) in [5.74, 6) is 0.600. The highest BCUT2D eigenvalue weighted by Crippen LogP contribution is 2.38. The fourth-order valence-electron chi connectivity index (χ4n) is 1.70. The second-order valence-corrected chi connectivity index (χ2v) is 5.14. The zero-order valence-corrected chi connectivity index (χ0v) is 13.0. The van der Waals surface area contributed by atoms with Gasteiger partial charge in [0.15, 0.2) is 0 Å². The molecule has 0 bridgehead atoms. The van der Waals surface area contributed by atoms with Gasteiger partial charge in [-0.2, -0.15) is 0 Å². The molecular formula is C14H14BrN3O3. The summed E-state index contributed by atoms with van der Waals surface area (Å²) in [5, 5.41) is 14.2. The van der Waals surface area contributed by atoms with Crippen LogP contribution in [0.2, 0.25) is 0 Å². The fraction of sp³-hybridized carbons (Fsp3) is 0.214. The average molecular weight is 352 g/mol. The van der Waals surface area contributed by atoms with Crippen molar-refractivity contribution in [3.63, 3.8) is 0 Å². The van der Waals surface area contributed by atoms with E-state index in [2.05, 4.69) is 33.2 Å². The summed E-state index contributed by atoms with van der Waals surface area (Å²) in [6.07, 6.45) is 4.18. The fourth-order valence-corrected chi connectivity index (χ4v) is 2.14. The van der Waals surface area contributed by atoms with Gasteiger partial charge in [-0.3, -0.25) is 15.1 Å². The lowest BCUT2D eigenvalue weighted by Gasteiger charge is -2.10. The largest absolute Gasteiger partial charge is 0.447 e.